The number of aromatic nitrogens is 1. The van der Waals surface area contributed by atoms with Crippen molar-refractivity contribution in [1.29, 1.82) is 0 Å². The Morgan fingerprint density at radius 3 is 2.12 bits per heavy atom. The summed E-state index contributed by atoms with van der Waals surface area (Å²) in [5, 5.41) is 0.596. The minimum absolute atomic E-state index is 0.218. The fourth-order valence-corrected chi connectivity index (χ4v) is 4.26. The Hall–Kier alpha value is -2.30. The molecule has 0 saturated carbocycles. The maximum Gasteiger partial charge on any atom is 0.349 e. The second-order valence-electron chi connectivity index (χ2n) is 5.24. The van der Waals surface area contributed by atoms with Gasteiger partial charge in [0.25, 0.3) is 5.79 Å². The van der Waals surface area contributed by atoms with E-state index in [1.54, 1.807) is 6.92 Å². The molecule has 2 bridgehead atoms. The number of rotatable bonds is 4. The van der Waals surface area contributed by atoms with E-state index in [0.29, 0.717) is 9.88 Å². The molecule has 0 N–H and O–H groups in total. The molecule has 0 fully saturated rings. The average molecular weight is 369 g/mol. The largest absolute Gasteiger partial charge is 0.466 e. The van der Waals surface area contributed by atoms with Crippen molar-refractivity contribution in [2.24, 2.45) is 0 Å². The highest BCUT2D eigenvalue weighted by Gasteiger charge is 2.75. The highest BCUT2D eigenvalue weighted by molar-refractivity contribution is 7.12. The first-order valence-corrected chi connectivity index (χ1v) is 7.89. The zero-order valence-corrected chi connectivity index (χ0v) is 14.9. The Balaban J connectivity index is 2.45. The number of aryl methyl sites for hydroxylation is 1. The topological polar surface area (TPSA) is 110 Å². The number of fused-ring (bicyclic) bond motifs is 5. The van der Waals surface area contributed by atoms with Crippen LogP contribution >= 0.6 is 11.3 Å². The summed E-state index contributed by atoms with van der Waals surface area (Å²) >= 11 is 1.14. The van der Waals surface area contributed by atoms with Crippen molar-refractivity contribution >= 4 is 29.2 Å². The quantitative estimate of drug-likeness (QED) is 0.547. The minimum atomic E-state index is -2.00. The maximum atomic E-state index is 12.7. The summed E-state index contributed by atoms with van der Waals surface area (Å²) in [6.07, 6.45) is 0. The number of ether oxygens (including phenoxy) is 5. The molecule has 3 heterocycles. The molecule has 25 heavy (non-hydrogen) atoms. The number of methoxy groups -OCH3 is 4. The summed E-state index contributed by atoms with van der Waals surface area (Å²) in [6.45, 7) is 1.71. The third-order valence-electron chi connectivity index (χ3n) is 4.13. The van der Waals surface area contributed by atoms with Crippen LogP contribution in [0, 0.1) is 6.92 Å². The molecule has 0 spiro atoms. The van der Waals surface area contributed by atoms with Crippen LogP contribution in [0.4, 0.5) is 0 Å². The summed E-state index contributed by atoms with van der Waals surface area (Å²) in [7, 11) is 4.68. The van der Waals surface area contributed by atoms with E-state index in [9.17, 15) is 14.4 Å². The summed E-state index contributed by atoms with van der Waals surface area (Å²) in [4.78, 5) is 42.3. The van der Waals surface area contributed by atoms with Crippen LogP contribution in [0.3, 0.4) is 0 Å². The van der Waals surface area contributed by atoms with Gasteiger partial charge >= 0.3 is 17.9 Å². The van der Waals surface area contributed by atoms with Crippen LogP contribution in [0.5, 0.6) is 0 Å². The van der Waals surface area contributed by atoms with Gasteiger partial charge in [0.05, 0.1) is 31.2 Å². The predicted molar refractivity (Wildman–Crippen MR) is 81.4 cm³/mol. The van der Waals surface area contributed by atoms with Crippen molar-refractivity contribution in [2.45, 2.75) is 18.3 Å². The molecule has 9 nitrogen and oxygen atoms in total. The molecule has 0 radical (unpaired) electrons. The van der Waals surface area contributed by atoms with E-state index in [-0.39, 0.29) is 16.8 Å². The zero-order chi connectivity index (χ0) is 18.6. The number of carbonyl (C=O) groups excluding carboxylic acids is 3. The minimum Gasteiger partial charge on any atom is -0.466 e. The molecule has 3 rings (SSSR count). The van der Waals surface area contributed by atoms with Crippen molar-refractivity contribution in [3.05, 3.63) is 26.7 Å². The standard InChI is InChI=1S/C15H15NO8S/c1-6-16-9-10(25-6)14(13(19)22-4)7(11(17)20-2)8(12(18)21-3)15(9,23-5)24-14/h1-5H3. The molecule has 0 saturated heterocycles. The van der Waals surface area contributed by atoms with Crippen molar-refractivity contribution in [3.63, 3.8) is 0 Å². The van der Waals surface area contributed by atoms with E-state index >= 15 is 0 Å². The predicted octanol–water partition coefficient (Wildman–Crippen LogP) is 0.305. The Labute approximate surface area is 146 Å². The lowest BCUT2D eigenvalue weighted by atomic mass is 9.82. The number of hydrogen-bond acceptors (Lipinski definition) is 10. The maximum absolute atomic E-state index is 12.7. The zero-order valence-electron chi connectivity index (χ0n) is 14.1. The molecule has 0 aromatic carbocycles. The molecular weight excluding hydrogens is 354 g/mol. The molecule has 134 valence electrons. The Bertz CT molecular complexity index is 827. The van der Waals surface area contributed by atoms with Crippen LogP contribution in [-0.2, 0) is 49.5 Å². The normalized spacial score (nSPS) is 26.4. The van der Waals surface area contributed by atoms with Gasteiger partial charge in [-0.3, -0.25) is 0 Å². The molecule has 1 aromatic heterocycles. The lowest BCUT2D eigenvalue weighted by Crippen LogP contribution is -2.40. The van der Waals surface area contributed by atoms with Gasteiger partial charge in [-0.2, -0.15) is 0 Å². The summed E-state index contributed by atoms with van der Waals surface area (Å²) in [5.74, 6) is -4.58. The van der Waals surface area contributed by atoms with E-state index in [4.69, 9.17) is 23.7 Å². The van der Waals surface area contributed by atoms with Crippen molar-refractivity contribution in [3.8, 4) is 0 Å². The van der Waals surface area contributed by atoms with Crippen LogP contribution in [0.1, 0.15) is 15.6 Å². The van der Waals surface area contributed by atoms with Crippen LogP contribution in [0.15, 0.2) is 11.1 Å². The van der Waals surface area contributed by atoms with E-state index < -0.39 is 29.3 Å². The van der Waals surface area contributed by atoms with Crippen molar-refractivity contribution in [1.82, 2.24) is 4.98 Å². The van der Waals surface area contributed by atoms with Crippen LogP contribution < -0.4 is 0 Å². The first-order chi connectivity index (χ1) is 11.8. The highest BCUT2D eigenvalue weighted by Crippen LogP contribution is 2.63. The number of nitrogens with zero attached hydrogens (tertiary/aromatic N) is 1. The molecular formula is C15H15NO8S. The molecule has 0 aliphatic carbocycles. The number of thiazole rings is 1. The summed E-state index contributed by atoms with van der Waals surface area (Å²) < 4.78 is 25.7. The Kier molecular flexibility index (Phi) is 3.93. The molecule has 0 amide bonds. The second kappa shape index (κ2) is 5.61. The van der Waals surface area contributed by atoms with Gasteiger partial charge in [0.15, 0.2) is 0 Å². The highest BCUT2D eigenvalue weighted by atomic mass is 32.1. The molecule has 1 aromatic rings. The number of hydrogen-bond donors (Lipinski definition) is 0. The van der Waals surface area contributed by atoms with Crippen molar-refractivity contribution in [2.75, 3.05) is 28.4 Å². The van der Waals surface area contributed by atoms with E-state index in [1.165, 1.54) is 7.11 Å². The third-order valence-corrected chi connectivity index (χ3v) is 5.20. The third kappa shape index (κ3) is 1.89. The monoisotopic (exact) mass is 369 g/mol. The van der Waals surface area contributed by atoms with E-state index in [1.807, 2.05) is 0 Å². The van der Waals surface area contributed by atoms with Gasteiger partial charge in [0, 0.05) is 7.11 Å². The van der Waals surface area contributed by atoms with Gasteiger partial charge < -0.3 is 23.7 Å². The molecule has 2 aliphatic heterocycles. The molecule has 10 heteroatoms. The van der Waals surface area contributed by atoms with Crippen LogP contribution in [0.25, 0.3) is 0 Å². The average Bonchev–Trinajstić information content (AvgIpc) is 3.24. The number of carbonyl (C=O) groups is 3. The van der Waals surface area contributed by atoms with Gasteiger partial charge in [0.2, 0.25) is 5.60 Å². The van der Waals surface area contributed by atoms with E-state index in [0.717, 1.165) is 32.7 Å². The first-order valence-electron chi connectivity index (χ1n) is 7.08. The fraction of sp³-hybridized carbons (Fsp3) is 0.467. The Morgan fingerprint density at radius 1 is 1.00 bits per heavy atom. The van der Waals surface area contributed by atoms with Crippen LogP contribution in [-0.4, -0.2) is 51.3 Å². The lowest BCUT2D eigenvalue weighted by molar-refractivity contribution is -0.232. The first kappa shape index (κ1) is 17.5. The molecule has 2 aliphatic rings. The van der Waals surface area contributed by atoms with Crippen LogP contribution in [0.2, 0.25) is 0 Å². The van der Waals surface area contributed by atoms with Gasteiger partial charge in [-0.1, -0.05) is 0 Å². The number of esters is 3. The van der Waals surface area contributed by atoms with E-state index in [2.05, 4.69) is 4.98 Å². The lowest BCUT2D eigenvalue weighted by Gasteiger charge is -2.24. The van der Waals surface area contributed by atoms with Gasteiger partial charge in [-0.05, 0) is 6.92 Å². The second-order valence-corrected chi connectivity index (χ2v) is 6.44. The smallest absolute Gasteiger partial charge is 0.349 e. The van der Waals surface area contributed by atoms with Crippen molar-refractivity contribution < 1.29 is 38.1 Å². The van der Waals surface area contributed by atoms with Gasteiger partial charge in [0.1, 0.15) is 16.8 Å². The fourth-order valence-electron chi connectivity index (χ4n) is 3.18. The molecule has 2 unspecified atom stereocenters. The SMILES string of the molecule is COC(=O)C1=C(C(=O)OC)C2(C(=O)OC)OC1(OC)c1nc(C)sc12. The summed E-state index contributed by atoms with van der Waals surface area (Å²) in [6, 6.07) is 0. The Morgan fingerprint density at radius 2 is 1.60 bits per heavy atom. The van der Waals surface area contributed by atoms with Gasteiger partial charge in [-0.25, -0.2) is 19.4 Å². The van der Waals surface area contributed by atoms with Gasteiger partial charge in [-0.15, -0.1) is 11.3 Å². The summed E-state index contributed by atoms with van der Waals surface area (Å²) in [5.41, 5.74) is -2.39. The molecule has 2 atom stereocenters.